The SMILES string of the molecule is O=C(NCc1csc(-c2cccnc2)n1)C(Cc1ccccc1)N1C(=O)c2ccccc2C1=O. The number of fused-ring (bicyclic) bond motifs is 1. The van der Waals surface area contributed by atoms with Gasteiger partial charge in [-0.3, -0.25) is 24.3 Å². The monoisotopic (exact) mass is 468 g/mol. The molecular weight excluding hydrogens is 448 g/mol. The minimum atomic E-state index is -0.980. The zero-order valence-electron chi connectivity index (χ0n) is 18.0. The van der Waals surface area contributed by atoms with Crippen molar-refractivity contribution in [1.82, 2.24) is 20.2 Å². The van der Waals surface area contributed by atoms with Crippen molar-refractivity contribution in [2.24, 2.45) is 0 Å². The number of benzene rings is 2. The third-order valence-corrected chi connectivity index (χ3v) is 6.56. The van der Waals surface area contributed by atoms with Crippen LogP contribution in [0.1, 0.15) is 32.0 Å². The van der Waals surface area contributed by atoms with Gasteiger partial charge in [-0.15, -0.1) is 11.3 Å². The molecule has 1 aliphatic rings. The number of amides is 3. The second kappa shape index (κ2) is 9.36. The van der Waals surface area contributed by atoms with Crippen LogP contribution in [-0.4, -0.2) is 38.6 Å². The van der Waals surface area contributed by atoms with E-state index in [4.69, 9.17) is 0 Å². The highest BCUT2D eigenvalue weighted by atomic mass is 32.1. The summed E-state index contributed by atoms with van der Waals surface area (Å²) >= 11 is 1.46. The number of carbonyl (C=O) groups is 3. The van der Waals surface area contributed by atoms with Crippen LogP contribution in [0.15, 0.2) is 84.5 Å². The first-order chi connectivity index (χ1) is 16.6. The Kier molecular flexibility index (Phi) is 5.97. The lowest BCUT2D eigenvalue weighted by Gasteiger charge is -2.25. The van der Waals surface area contributed by atoms with Crippen LogP contribution in [0.5, 0.6) is 0 Å². The summed E-state index contributed by atoms with van der Waals surface area (Å²) in [6.07, 6.45) is 3.65. The van der Waals surface area contributed by atoms with Crippen LogP contribution in [0.4, 0.5) is 0 Å². The number of thiazole rings is 1. The minimum absolute atomic E-state index is 0.185. The van der Waals surface area contributed by atoms with Crippen LogP contribution in [0, 0.1) is 0 Å². The molecule has 34 heavy (non-hydrogen) atoms. The lowest BCUT2D eigenvalue weighted by Crippen LogP contribution is -2.50. The van der Waals surface area contributed by atoms with Crippen molar-refractivity contribution in [3.63, 3.8) is 0 Å². The van der Waals surface area contributed by atoms with E-state index in [1.54, 1.807) is 36.7 Å². The molecule has 0 aliphatic carbocycles. The van der Waals surface area contributed by atoms with Gasteiger partial charge in [-0.2, -0.15) is 0 Å². The highest BCUT2D eigenvalue weighted by Crippen LogP contribution is 2.26. The molecule has 1 unspecified atom stereocenters. The van der Waals surface area contributed by atoms with Gasteiger partial charge in [0.15, 0.2) is 0 Å². The molecule has 7 nitrogen and oxygen atoms in total. The molecule has 2 aromatic carbocycles. The summed E-state index contributed by atoms with van der Waals surface area (Å²) < 4.78 is 0. The Bertz CT molecular complexity index is 1320. The van der Waals surface area contributed by atoms with Crippen molar-refractivity contribution in [1.29, 1.82) is 0 Å². The molecular formula is C26H20N4O3S. The predicted octanol–water partition coefficient (Wildman–Crippen LogP) is 3.73. The number of nitrogens with one attached hydrogen (secondary N) is 1. The summed E-state index contributed by atoms with van der Waals surface area (Å²) in [5.74, 6) is -1.32. The summed E-state index contributed by atoms with van der Waals surface area (Å²) in [6, 6.07) is 18.8. The van der Waals surface area contributed by atoms with E-state index in [1.165, 1.54) is 11.3 Å². The molecule has 3 amide bonds. The molecule has 168 valence electrons. The highest BCUT2D eigenvalue weighted by molar-refractivity contribution is 7.13. The summed E-state index contributed by atoms with van der Waals surface area (Å²) in [5, 5.41) is 5.55. The second-order valence-corrected chi connectivity index (χ2v) is 8.69. The van der Waals surface area contributed by atoms with Gasteiger partial charge in [0.25, 0.3) is 11.8 Å². The molecule has 0 fully saturated rings. The van der Waals surface area contributed by atoms with Crippen molar-refractivity contribution in [2.45, 2.75) is 19.0 Å². The molecule has 8 heteroatoms. The van der Waals surface area contributed by atoms with Gasteiger partial charge in [0.2, 0.25) is 5.91 Å². The van der Waals surface area contributed by atoms with Crippen LogP contribution < -0.4 is 5.32 Å². The fourth-order valence-corrected chi connectivity index (χ4v) is 4.75. The van der Waals surface area contributed by atoms with E-state index in [9.17, 15) is 14.4 Å². The van der Waals surface area contributed by atoms with Gasteiger partial charge in [-0.05, 0) is 29.8 Å². The second-order valence-electron chi connectivity index (χ2n) is 7.83. The van der Waals surface area contributed by atoms with E-state index in [1.807, 2.05) is 47.8 Å². The van der Waals surface area contributed by atoms with Crippen molar-refractivity contribution < 1.29 is 14.4 Å². The Balaban J connectivity index is 1.37. The zero-order chi connectivity index (χ0) is 23.5. The fraction of sp³-hybridized carbons (Fsp3) is 0.115. The molecule has 0 bridgehead atoms. The van der Waals surface area contributed by atoms with Crippen LogP contribution >= 0.6 is 11.3 Å². The maximum Gasteiger partial charge on any atom is 0.262 e. The number of carbonyl (C=O) groups excluding carboxylic acids is 3. The molecule has 4 aromatic rings. The van der Waals surface area contributed by atoms with Crippen LogP contribution in [0.2, 0.25) is 0 Å². The van der Waals surface area contributed by atoms with Crippen LogP contribution in [0.25, 0.3) is 10.6 Å². The molecule has 1 N–H and O–H groups in total. The molecule has 1 atom stereocenters. The van der Waals surface area contributed by atoms with Gasteiger partial charge in [0.1, 0.15) is 11.0 Å². The predicted molar refractivity (Wildman–Crippen MR) is 128 cm³/mol. The van der Waals surface area contributed by atoms with Crippen molar-refractivity contribution in [3.05, 3.63) is 107 Å². The topological polar surface area (TPSA) is 92.3 Å². The summed E-state index contributed by atoms with van der Waals surface area (Å²) in [6.45, 7) is 0.185. The Morgan fingerprint density at radius 1 is 0.941 bits per heavy atom. The van der Waals surface area contributed by atoms with E-state index in [2.05, 4.69) is 15.3 Å². The maximum absolute atomic E-state index is 13.3. The molecule has 0 radical (unpaired) electrons. The molecule has 0 spiro atoms. The van der Waals surface area contributed by atoms with E-state index < -0.39 is 23.8 Å². The lowest BCUT2D eigenvalue weighted by molar-refractivity contribution is -0.125. The first kappa shape index (κ1) is 21.7. The number of pyridine rings is 1. The van der Waals surface area contributed by atoms with Crippen molar-refractivity contribution in [3.8, 4) is 10.6 Å². The minimum Gasteiger partial charge on any atom is -0.349 e. The smallest absolute Gasteiger partial charge is 0.262 e. The lowest BCUT2D eigenvalue weighted by atomic mass is 10.0. The number of rotatable bonds is 7. The Morgan fingerprint density at radius 2 is 1.65 bits per heavy atom. The molecule has 3 heterocycles. The van der Waals surface area contributed by atoms with Crippen molar-refractivity contribution >= 4 is 29.1 Å². The Labute approximate surface area is 200 Å². The van der Waals surface area contributed by atoms with Gasteiger partial charge in [-0.25, -0.2) is 4.98 Å². The van der Waals surface area contributed by atoms with E-state index in [0.717, 1.165) is 21.0 Å². The molecule has 2 aromatic heterocycles. The highest BCUT2D eigenvalue weighted by Gasteiger charge is 2.42. The van der Waals surface area contributed by atoms with E-state index >= 15 is 0 Å². The largest absolute Gasteiger partial charge is 0.349 e. The number of hydrogen-bond donors (Lipinski definition) is 1. The fourth-order valence-electron chi connectivity index (χ4n) is 3.94. The standard InChI is InChI=1S/C26H20N4O3S/c31-23(28-15-19-16-34-24(29-19)18-9-6-12-27-14-18)22(13-17-7-2-1-3-8-17)30-25(32)20-10-4-5-11-21(20)26(30)33/h1-12,14,16,22H,13,15H2,(H,28,31). The average molecular weight is 469 g/mol. The average Bonchev–Trinajstić information content (AvgIpc) is 3.46. The van der Waals surface area contributed by atoms with Gasteiger partial charge >= 0.3 is 0 Å². The van der Waals surface area contributed by atoms with E-state index in [0.29, 0.717) is 16.8 Å². The van der Waals surface area contributed by atoms with Crippen molar-refractivity contribution in [2.75, 3.05) is 0 Å². The number of imide groups is 1. The van der Waals surface area contributed by atoms with Gasteiger partial charge in [-0.1, -0.05) is 42.5 Å². The Morgan fingerprint density at radius 3 is 2.32 bits per heavy atom. The summed E-state index contributed by atoms with van der Waals surface area (Å²) in [5.41, 5.74) is 3.08. The Hall–Kier alpha value is -4.17. The normalized spacial score (nSPS) is 13.6. The summed E-state index contributed by atoms with van der Waals surface area (Å²) in [7, 11) is 0. The molecule has 0 saturated carbocycles. The number of nitrogens with zero attached hydrogens (tertiary/aromatic N) is 3. The number of aromatic nitrogens is 2. The zero-order valence-corrected chi connectivity index (χ0v) is 18.9. The maximum atomic E-state index is 13.3. The van der Waals surface area contributed by atoms with Crippen LogP contribution in [0.3, 0.4) is 0 Å². The molecule has 1 aliphatic heterocycles. The van der Waals surface area contributed by atoms with Gasteiger partial charge < -0.3 is 5.32 Å². The third kappa shape index (κ3) is 4.23. The number of hydrogen-bond acceptors (Lipinski definition) is 6. The van der Waals surface area contributed by atoms with Crippen LogP contribution in [-0.2, 0) is 17.8 Å². The quantitative estimate of drug-likeness (QED) is 0.417. The van der Waals surface area contributed by atoms with Gasteiger partial charge in [0, 0.05) is 29.8 Å². The first-order valence-corrected chi connectivity index (χ1v) is 11.6. The molecule has 0 saturated heterocycles. The summed E-state index contributed by atoms with van der Waals surface area (Å²) in [4.78, 5) is 49.3. The molecule has 5 rings (SSSR count). The third-order valence-electron chi connectivity index (χ3n) is 5.62. The van der Waals surface area contributed by atoms with Gasteiger partial charge in [0.05, 0.1) is 23.4 Å². The first-order valence-electron chi connectivity index (χ1n) is 10.7. The van der Waals surface area contributed by atoms with E-state index in [-0.39, 0.29) is 13.0 Å².